The molecule has 3 aliphatic rings. The number of ether oxygens (including phenoxy) is 3. The van der Waals surface area contributed by atoms with Gasteiger partial charge in [0.1, 0.15) is 17.3 Å². The lowest BCUT2D eigenvalue weighted by Crippen LogP contribution is -2.52. The molecule has 0 aromatic heterocycles. The lowest BCUT2D eigenvalue weighted by molar-refractivity contribution is -0.142. The van der Waals surface area contributed by atoms with Gasteiger partial charge in [0.15, 0.2) is 5.78 Å². The molecule has 1 saturated carbocycles. The Morgan fingerprint density at radius 1 is 1.50 bits per heavy atom. The lowest BCUT2D eigenvalue weighted by atomic mass is 9.69. The van der Waals surface area contributed by atoms with Crippen molar-refractivity contribution in [2.45, 2.75) is 63.4 Å². The maximum atomic E-state index is 12.2. The number of methoxy groups -OCH3 is 1. The van der Waals surface area contributed by atoms with E-state index >= 15 is 0 Å². The first-order chi connectivity index (χ1) is 9.43. The molecule has 2 aliphatic heterocycles. The highest BCUT2D eigenvalue weighted by Gasteiger charge is 2.71. The second kappa shape index (κ2) is 4.65. The van der Waals surface area contributed by atoms with Gasteiger partial charge in [0.25, 0.3) is 0 Å². The number of ketones is 1. The molecule has 112 valence electrons. The predicted molar refractivity (Wildman–Crippen MR) is 74.5 cm³/mol. The summed E-state index contributed by atoms with van der Waals surface area (Å²) in [5.41, 5.74) is 0.825. The molecule has 5 atom stereocenters. The maximum Gasteiger partial charge on any atom is 0.162 e. The molecular formula is C16H24O4. The van der Waals surface area contributed by atoms with Crippen LogP contribution in [-0.2, 0) is 19.0 Å². The Balaban J connectivity index is 1.80. The molecule has 0 radical (unpaired) electrons. The number of hydrogen-bond donors (Lipinski definition) is 0. The molecule has 3 rings (SSSR count). The summed E-state index contributed by atoms with van der Waals surface area (Å²) in [7, 11) is 1.62. The Labute approximate surface area is 120 Å². The minimum absolute atomic E-state index is 0.0248. The minimum atomic E-state index is -0.382. The van der Waals surface area contributed by atoms with Gasteiger partial charge in [0.05, 0.1) is 18.6 Å². The summed E-state index contributed by atoms with van der Waals surface area (Å²) in [4.78, 5) is 12.2. The molecule has 4 nitrogen and oxygen atoms in total. The Morgan fingerprint density at radius 2 is 2.20 bits per heavy atom. The Bertz CT molecular complexity index is 447. The Hall–Kier alpha value is -0.710. The van der Waals surface area contributed by atoms with Crippen molar-refractivity contribution in [2.75, 3.05) is 13.7 Å². The number of epoxide rings is 2. The fourth-order valence-corrected chi connectivity index (χ4v) is 3.77. The number of Topliss-reactive ketones (excluding diaryl/α,β-unsaturated/α-hetero) is 1. The van der Waals surface area contributed by atoms with Gasteiger partial charge in [-0.2, -0.15) is 0 Å². The molecule has 3 fully saturated rings. The first kappa shape index (κ1) is 14.2. The van der Waals surface area contributed by atoms with Gasteiger partial charge in [-0.05, 0) is 33.6 Å². The predicted octanol–water partition coefficient (Wildman–Crippen LogP) is 2.26. The van der Waals surface area contributed by atoms with E-state index in [9.17, 15) is 4.79 Å². The standard InChI is InChI=1S/C16H24O4/c1-10(2)5-6-12-15(3,20-12)14-13(18-4)11(17)7-8-16(14)9-19-16/h5,12-14H,6-9H2,1-4H3/t12?,13-,14-,15+,16+/m1/s1. The zero-order valence-corrected chi connectivity index (χ0v) is 12.8. The molecular weight excluding hydrogens is 256 g/mol. The van der Waals surface area contributed by atoms with Crippen molar-refractivity contribution < 1.29 is 19.0 Å². The van der Waals surface area contributed by atoms with Crippen LogP contribution in [0.25, 0.3) is 0 Å². The number of allylic oxidation sites excluding steroid dienone is 1. The molecule has 0 bridgehead atoms. The van der Waals surface area contributed by atoms with E-state index in [0.29, 0.717) is 6.42 Å². The second-order valence-corrected chi connectivity index (χ2v) is 6.76. The summed E-state index contributed by atoms with van der Waals surface area (Å²) in [6, 6.07) is 0. The highest BCUT2D eigenvalue weighted by Crippen LogP contribution is 2.58. The van der Waals surface area contributed by atoms with Gasteiger partial charge in [-0.1, -0.05) is 11.6 Å². The van der Waals surface area contributed by atoms with Crippen LogP contribution < -0.4 is 0 Å². The van der Waals surface area contributed by atoms with Crippen molar-refractivity contribution in [3.8, 4) is 0 Å². The van der Waals surface area contributed by atoms with Gasteiger partial charge >= 0.3 is 0 Å². The van der Waals surface area contributed by atoms with E-state index in [1.807, 2.05) is 0 Å². The van der Waals surface area contributed by atoms with Crippen LogP contribution in [0.1, 0.15) is 40.0 Å². The molecule has 20 heavy (non-hydrogen) atoms. The van der Waals surface area contributed by atoms with Crippen LogP contribution in [0.2, 0.25) is 0 Å². The SMILES string of the molecule is CO[C@@H]1C(=O)CC[C@]2(CO2)[C@H]1[C@@]1(C)OC1CC=C(C)C. The molecule has 0 N–H and O–H groups in total. The molecule has 0 amide bonds. The van der Waals surface area contributed by atoms with Crippen LogP contribution in [0.15, 0.2) is 11.6 Å². The van der Waals surface area contributed by atoms with Gasteiger partial charge in [-0.3, -0.25) is 4.79 Å². The Morgan fingerprint density at radius 3 is 2.75 bits per heavy atom. The van der Waals surface area contributed by atoms with Crippen molar-refractivity contribution in [1.82, 2.24) is 0 Å². The summed E-state index contributed by atoms with van der Waals surface area (Å²) >= 11 is 0. The molecule has 0 aromatic rings. The monoisotopic (exact) mass is 280 g/mol. The second-order valence-electron chi connectivity index (χ2n) is 6.76. The molecule has 1 aliphatic carbocycles. The zero-order chi connectivity index (χ0) is 14.5. The highest BCUT2D eigenvalue weighted by atomic mass is 16.6. The van der Waals surface area contributed by atoms with Crippen LogP contribution >= 0.6 is 0 Å². The van der Waals surface area contributed by atoms with E-state index in [-0.39, 0.29) is 35.1 Å². The largest absolute Gasteiger partial charge is 0.373 e. The van der Waals surface area contributed by atoms with E-state index < -0.39 is 0 Å². The molecule has 1 unspecified atom stereocenters. The van der Waals surface area contributed by atoms with E-state index in [2.05, 4.69) is 26.8 Å². The molecule has 0 aromatic carbocycles. The Kier molecular flexibility index (Phi) is 3.31. The average molecular weight is 280 g/mol. The van der Waals surface area contributed by atoms with Crippen LogP contribution in [-0.4, -0.2) is 42.9 Å². The quantitative estimate of drug-likeness (QED) is 0.585. The lowest BCUT2D eigenvalue weighted by Gasteiger charge is -2.37. The van der Waals surface area contributed by atoms with Gasteiger partial charge in [0, 0.05) is 13.5 Å². The number of rotatable bonds is 4. The van der Waals surface area contributed by atoms with Crippen molar-refractivity contribution in [3.63, 3.8) is 0 Å². The number of carbonyl (C=O) groups excluding carboxylic acids is 1. The van der Waals surface area contributed by atoms with Crippen LogP contribution in [0.5, 0.6) is 0 Å². The minimum Gasteiger partial charge on any atom is -0.373 e. The zero-order valence-electron chi connectivity index (χ0n) is 12.8. The van der Waals surface area contributed by atoms with E-state index in [4.69, 9.17) is 14.2 Å². The number of hydrogen-bond acceptors (Lipinski definition) is 4. The molecule has 2 saturated heterocycles. The van der Waals surface area contributed by atoms with E-state index in [0.717, 1.165) is 19.4 Å². The average Bonchev–Trinajstić information content (AvgIpc) is 3.29. The van der Waals surface area contributed by atoms with E-state index in [1.165, 1.54) is 5.57 Å². The molecule has 4 heteroatoms. The van der Waals surface area contributed by atoms with Crippen molar-refractivity contribution in [3.05, 3.63) is 11.6 Å². The van der Waals surface area contributed by atoms with Gasteiger partial charge < -0.3 is 14.2 Å². The van der Waals surface area contributed by atoms with Crippen molar-refractivity contribution in [2.24, 2.45) is 5.92 Å². The third-order valence-corrected chi connectivity index (χ3v) is 5.09. The molecule has 2 heterocycles. The number of carbonyl (C=O) groups is 1. The van der Waals surface area contributed by atoms with Crippen molar-refractivity contribution >= 4 is 5.78 Å². The van der Waals surface area contributed by atoms with Gasteiger partial charge in [-0.25, -0.2) is 0 Å². The van der Waals surface area contributed by atoms with Crippen LogP contribution in [0, 0.1) is 5.92 Å². The van der Waals surface area contributed by atoms with Crippen LogP contribution in [0.4, 0.5) is 0 Å². The summed E-state index contributed by atoms with van der Waals surface area (Å²) in [5.74, 6) is 0.216. The summed E-state index contributed by atoms with van der Waals surface area (Å²) in [6.45, 7) is 7.02. The first-order valence-electron chi connectivity index (χ1n) is 7.43. The third-order valence-electron chi connectivity index (χ3n) is 5.09. The first-order valence-corrected chi connectivity index (χ1v) is 7.43. The summed E-state index contributed by atoms with van der Waals surface area (Å²) < 4.78 is 17.2. The summed E-state index contributed by atoms with van der Waals surface area (Å²) in [5, 5.41) is 0. The molecule has 1 spiro atoms. The van der Waals surface area contributed by atoms with Gasteiger partial charge in [0.2, 0.25) is 0 Å². The fraction of sp³-hybridized carbons (Fsp3) is 0.812. The highest BCUT2D eigenvalue weighted by molar-refractivity contribution is 5.85. The summed E-state index contributed by atoms with van der Waals surface area (Å²) in [6.07, 6.45) is 4.26. The van der Waals surface area contributed by atoms with Crippen molar-refractivity contribution in [1.29, 1.82) is 0 Å². The fourth-order valence-electron chi connectivity index (χ4n) is 3.77. The van der Waals surface area contributed by atoms with Crippen LogP contribution in [0.3, 0.4) is 0 Å². The van der Waals surface area contributed by atoms with E-state index in [1.54, 1.807) is 7.11 Å². The maximum absolute atomic E-state index is 12.2. The third kappa shape index (κ3) is 2.14. The normalized spacial score (nSPS) is 46.4. The topological polar surface area (TPSA) is 51.4 Å². The van der Waals surface area contributed by atoms with Gasteiger partial charge in [-0.15, -0.1) is 0 Å². The smallest absolute Gasteiger partial charge is 0.162 e.